The minimum Gasteiger partial charge on any atom is -0.454 e. The van der Waals surface area contributed by atoms with Gasteiger partial charge >= 0.3 is 0 Å². The highest BCUT2D eigenvalue weighted by molar-refractivity contribution is 5.44. The van der Waals surface area contributed by atoms with Crippen molar-refractivity contribution in [1.29, 1.82) is 0 Å². The van der Waals surface area contributed by atoms with Crippen molar-refractivity contribution in [3.8, 4) is 11.5 Å². The van der Waals surface area contributed by atoms with E-state index in [0.717, 1.165) is 0 Å². The number of hydrogen-bond donors (Lipinski definition) is 7. The lowest BCUT2D eigenvalue weighted by Crippen LogP contribution is -2.64. The first-order valence-electron chi connectivity index (χ1n) is 10.4. The van der Waals surface area contributed by atoms with Crippen LogP contribution in [-0.4, -0.2) is 117 Å². The first kappa shape index (κ1) is 24.5. The van der Waals surface area contributed by atoms with Crippen molar-refractivity contribution in [2.75, 3.05) is 20.0 Å². The van der Waals surface area contributed by atoms with Crippen molar-refractivity contribution in [2.24, 2.45) is 0 Å². The third-order valence-electron chi connectivity index (χ3n) is 5.81. The highest BCUT2D eigenvalue weighted by Gasteiger charge is 2.50. The monoisotopic (exact) mass is 476 g/mol. The van der Waals surface area contributed by atoms with E-state index in [1.54, 1.807) is 18.2 Å². The third-order valence-corrected chi connectivity index (χ3v) is 5.81. The number of aliphatic hydroxyl groups is 7. The van der Waals surface area contributed by atoms with Gasteiger partial charge in [0.1, 0.15) is 48.8 Å². The van der Waals surface area contributed by atoms with Crippen molar-refractivity contribution < 1.29 is 64.2 Å². The van der Waals surface area contributed by atoms with Crippen LogP contribution in [0.2, 0.25) is 0 Å². The molecule has 7 N–H and O–H groups in total. The fourth-order valence-corrected chi connectivity index (χ4v) is 3.90. The van der Waals surface area contributed by atoms with Gasteiger partial charge in [-0.05, 0) is 17.7 Å². The van der Waals surface area contributed by atoms with E-state index < -0.39 is 74.6 Å². The number of hydrogen-bond acceptors (Lipinski definition) is 13. The summed E-state index contributed by atoms with van der Waals surface area (Å²) < 4.78 is 32.5. The second kappa shape index (κ2) is 10.3. The second-order valence-electron chi connectivity index (χ2n) is 8.00. The van der Waals surface area contributed by atoms with Gasteiger partial charge in [-0.1, -0.05) is 6.07 Å². The summed E-state index contributed by atoms with van der Waals surface area (Å²) in [4.78, 5) is 0. The van der Waals surface area contributed by atoms with Crippen LogP contribution in [0.4, 0.5) is 0 Å². The zero-order chi connectivity index (χ0) is 23.7. The largest absolute Gasteiger partial charge is 0.454 e. The number of aliphatic hydroxyl groups excluding tert-OH is 7. The quantitative estimate of drug-likeness (QED) is 0.205. The highest BCUT2D eigenvalue weighted by atomic mass is 16.7. The molecule has 4 rings (SSSR count). The average Bonchev–Trinajstić information content (AvgIpc) is 3.29. The van der Waals surface area contributed by atoms with E-state index in [2.05, 4.69) is 0 Å². The molecule has 0 amide bonds. The zero-order valence-corrected chi connectivity index (χ0v) is 17.4. The molecule has 3 aliphatic heterocycles. The maximum Gasteiger partial charge on any atom is 0.231 e. The average molecular weight is 476 g/mol. The SMILES string of the molecule is OC[C@H]1O[C@H](O[C@H]2[C@@H](O)[C@@H](CO)O[C@@H](OCc3ccc4c(c3)OCO4)[C@@H]2O)[C@H](O)[C@@H](O)[C@H]1O. The van der Waals surface area contributed by atoms with Crippen LogP contribution < -0.4 is 9.47 Å². The summed E-state index contributed by atoms with van der Waals surface area (Å²) >= 11 is 0. The molecule has 0 radical (unpaired) electrons. The van der Waals surface area contributed by atoms with Crippen molar-refractivity contribution in [3.05, 3.63) is 23.8 Å². The summed E-state index contributed by atoms with van der Waals surface area (Å²) in [5.74, 6) is 1.12. The van der Waals surface area contributed by atoms with E-state index in [1.807, 2.05) is 0 Å². The van der Waals surface area contributed by atoms with Gasteiger partial charge in [0.15, 0.2) is 24.1 Å². The minimum atomic E-state index is -1.74. The normalized spacial score (nSPS) is 40.7. The molecule has 0 saturated carbocycles. The lowest BCUT2D eigenvalue weighted by Gasteiger charge is -2.45. The predicted octanol–water partition coefficient (Wildman–Crippen LogP) is -3.44. The molecular formula is C20H28O13. The summed E-state index contributed by atoms with van der Waals surface area (Å²) in [6.07, 6.45) is -15.1. The Hall–Kier alpha value is -1.62. The molecule has 186 valence electrons. The summed E-state index contributed by atoms with van der Waals surface area (Å²) in [5, 5.41) is 70.2. The van der Waals surface area contributed by atoms with E-state index in [4.69, 9.17) is 28.4 Å². The Balaban J connectivity index is 1.44. The number of ether oxygens (including phenoxy) is 6. The van der Waals surface area contributed by atoms with Crippen LogP contribution in [0.15, 0.2) is 18.2 Å². The molecule has 13 nitrogen and oxygen atoms in total. The van der Waals surface area contributed by atoms with Gasteiger partial charge in [0.05, 0.1) is 19.8 Å². The summed E-state index contributed by atoms with van der Waals surface area (Å²) in [7, 11) is 0. The molecule has 2 saturated heterocycles. The molecule has 0 unspecified atom stereocenters. The number of benzene rings is 1. The molecule has 33 heavy (non-hydrogen) atoms. The molecule has 1 aromatic rings. The lowest BCUT2D eigenvalue weighted by molar-refractivity contribution is -0.361. The van der Waals surface area contributed by atoms with Crippen molar-refractivity contribution in [2.45, 2.75) is 68.0 Å². The summed E-state index contributed by atoms with van der Waals surface area (Å²) in [6.45, 7) is -1.23. The Bertz CT molecular complexity index is 791. The molecule has 0 aliphatic carbocycles. The van der Waals surface area contributed by atoms with Gasteiger partial charge in [-0.3, -0.25) is 0 Å². The van der Waals surface area contributed by atoms with Gasteiger partial charge in [0.25, 0.3) is 0 Å². The summed E-state index contributed by atoms with van der Waals surface area (Å²) in [6, 6.07) is 5.12. The van der Waals surface area contributed by atoms with Crippen LogP contribution in [0.3, 0.4) is 0 Å². The van der Waals surface area contributed by atoms with Crippen LogP contribution in [0, 0.1) is 0 Å². The van der Waals surface area contributed by atoms with Crippen LogP contribution >= 0.6 is 0 Å². The number of rotatable bonds is 7. The smallest absolute Gasteiger partial charge is 0.231 e. The van der Waals surface area contributed by atoms with Crippen LogP contribution in [0.25, 0.3) is 0 Å². The molecule has 0 bridgehead atoms. The Morgan fingerprint density at radius 1 is 0.758 bits per heavy atom. The van der Waals surface area contributed by atoms with Crippen LogP contribution in [0.1, 0.15) is 5.56 Å². The molecule has 2 fully saturated rings. The first-order chi connectivity index (χ1) is 15.8. The van der Waals surface area contributed by atoms with Crippen molar-refractivity contribution in [1.82, 2.24) is 0 Å². The van der Waals surface area contributed by atoms with Crippen molar-refractivity contribution in [3.63, 3.8) is 0 Å². The van der Waals surface area contributed by atoms with Crippen LogP contribution in [-0.2, 0) is 25.6 Å². The van der Waals surface area contributed by atoms with E-state index in [-0.39, 0.29) is 13.4 Å². The molecule has 10 atom stereocenters. The maximum atomic E-state index is 10.7. The summed E-state index contributed by atoms with van der Waals surface area (Å²) in [5.41, 5.74) is 0.674. The topological polar surface area (TPSA) is 197 Å². The minimum absolute atomic E-state index is 0.0284. The molecule has 3 aliphatic rings. The fourth-order valence-electron chi connectivity index (χ4n) is 3.90. The maximum absolute atomic E-state index is 10.7. The van der Waals surface area contributed by atoms with E-state index >= 15 is 0 Å². The molecular weight excluding hydrogens is 448 g/mol. The molecule has 0 aromatic heterocycles. The molecule has 3 heterocycles. The lowest BCUT2D eigenvalue weighted by atomic mass is 9.97. The molecule has 0 spiro atoms. The second-order valence-corrected chi connectivity index (χ2v) is 8.00. The first-order valence-corrected chi connectivity index (χ1v) is 10.4. The van der Waals surface area contributed by atoms with Gasteiger partial charge in [0.2, 0.25) is 6.79 Å². The van der Waals surface area contributed by atoms with E-state index in [1.165, 1.54) is 0 Å². The highest BCUT2D eigenvalue weighted by Crippen LogP contribution is 2.34. The van der Waals surface area contributed by atoms with Gasteiger partial charge in [0, 0.05) is 0 Å². The standard InChI is InChI=1S/C20H28O13/c21-4-11-13(23)15(25)16(26)20(32-11)33-18-14(24)12(5-22)31-19(17(18)27)28-6-8-1-2-9-10(3-8)30-7-29-9/h1-3,11-27H,4-7H2/t11-,12-,13+,14+,15+,16-,17-,18+,19-,20-/m1/s1. The van der Waals surface area contributed by atoms with Gasteiger partial charge < -0.3 is 64.2 Å². The number of fused-ring (bicyclic) bond motifs is 1. The zero-order valence-electron chi connectivity index (χ0n) is 17.4. The Kier molecular flexibility index (Phi) is 7.67. The third kappa shape index (κ3) is 4.94. The van der Waals surface area contributed by atoms with Gasteiger partial charge in [-0.25, -0.2) is 0 Å². The Labute approximate surface area is 188 Å². The predicted molar refractivity (Wildman–Crippen MR) is 104 cm³/mol. The Morgan fingerprint density at radius 3 is 2.15 bits per heavy atom. The molecule has 1 aromatic carbocycles. The van der Waals surface area contributed by atoms with Gasteiger partial charge in [-0.2, -0.15) is 0 Å². The van der Waals surface area contributed by atoms with E-state index in [9.17, 15) is 35.7 Å². The Morgan fingerprint density at radius 2 is 1.42 bits per heavy atom. The van der Waals surface area contributed by atoms with E-state index in [0.29, 0.717) is 17.1 Å². The van der Waals surface area contributed by atoms with Gasteiger partial charge in [-0.15, -0.1) is 0 Å². The fraction of sp³-hybridized carbons (Fsp3) is 0.700. The van der Waals surface area contributed by atoms with Crippen LogP contribution in [0.5, 0.6) is 11.5 Å². The molecule has 13 heteroatoms. The van der Waals surface area contributed by atoms with Crippen molar-refractivity contribution >= 4 is 0 Å².